The van der Waals surface area contributed by atoms with Gasteiger partial charge in [-0.2, -0.15) is 0 Å². The van der Waals surface area contributed by atoms with Crippen LogP contribution < -0.4 is 0 Å². The first-order valence-electron chi connectivity index (χ1n) is 9.02. The Balaban J connectivity index is 1.72. The summed E-state index contributed by atoms with van der Waals surface area (Å²) in [6, 6.07) is 7.26. The summed E-state index contributed by atoms with van der Waals surface area (Å²) in [7, 11) is 6.08. The Morgan fingerprint density at radius 2 is 2.08 bits per heavy atom. The van der Waals surface area contributed by atoms with Crippen molar-refractivity contribution < 1.29 is 9.90 Å². The molecule has 2 aromatic rings. The van der Waals surface area contributed by atoms with Gasteiger partial charge in [0.15, 0.2) is 0 Å². The van der Waals surface area contributed by atoms with Crippen molar-refractivity contribution in [2.24, 2.45) is 7.05 Å². The van der Waals surface area contributed by atoms with Gasteiger partial charge in [-0.1, -0.05) is 18.2 Å². The van der Waals surface area contributed by atoms with E-state index in [0.29, 0.717) is 18.0 Å². The lowest BCUT2D eigenvalue weighted by Gasteiger charge is -2.32. The first kappa shape index (κ1) is 18.5. The highest BCUT2D eigenvalue weighted by Crippen LogP contribution is 2.27. The van der Waals surface area contributed by atoms with Gasteiger partial charge in [0, 0.05) is 26.1 Å². The van der Waals surface area contributed by atoms with Crippen molar-refractivity contribution >= 4 is 5.97 Å². The number of aromatic carboxylic acids is 1. The number of piperidine rings is 1. The van der Waals surface area contributed by atoms with Gasteiger partial charge < -0.3 is 14.6 Å². The van der Waals surface area contributed by atoms with Gasteiger partial charge in [-0.05, 0) is 45.1 Å². The van der Waals surface area contributed by atoms with Gasteiger partial charge in [0.1, 0.15) is 11.6 Å². The molecule has 1 aromatic heterocycles. The average Bonchev–Trinajstić information content (AvgIpc) is 2.95. The van der Waals surface area contributed by atoms with E-state index in [0.717, 1.165) is 49.7 Å². The summed E-state index contributed by atoms with van der Waals surface area (Å²) in [5, 5.41) is 18.2. The van der Waals surface area contributed by atoms with Crippen molar-refractivity contribution in [2.45, 2.75) is 31.8 Å². The van der Waals surface area contributed by atoms with Crippen LogP contribution in [0.1, 0.15) is 46.3 Å². The van der Waals surface area contributed by atoms with Crippen LogP contribution in [0.4, 0.5) is 0 Å². The quantitative estimate of drug-likeness (QED) is 0.852. The number of nitrogens with zero attached hydrogens (tertiary/aromatic N) is 5. The lowest BCUT2D eigenvalue weighted by atomic mass is 9.96. The minimum Gasteiger partial charge on any atom is -0.478 e. The third kappa shape index (κ3) is 4.11. The van der Waals surface area contributed by atoms with Crippen LogP contribution in [0.2, 0.25) is 0 Å². The molecule has 1 N–H and O–H groups in total. The predicted molar refractivity (Wildman–Crippen MR) is 99.0 cm³/mol. The van der Waals surface area contributed by atoms with Gasteiger partial charge in [-0.25, -0.2) is 4.79 Å². The van der Waals surface area contributed by atoms with Crippen LogP contribution in [-0.2, 0) is 20.1 Å². The number of aromatic nitrogens is 3. The van der Waals surface area contributed by atoms with E-state index < -0.39 is 5.97 Å². The van der Waals surface area contributed by atoms with Crippen LogP contribution in [0.25, 0.3) is 0 Å². The fourth-order valence-corrected chi connectivity index (χ4v) is 3.67. The van der Waals surface area contributed by atoms with E-state index in [2.05, 4.69) is 24.6 Å². The first-order valence-corrected chi connectivity index (χ1v) is 9.02. The summed E-state index contributed by atoms with van der Waals surface area (Å²) in [6.45, 7) is 3.28. The number of benzene rings is 1. The molecule has 0 aliphatic carbocycles. The minimum atomic E-state index is -0.865. The highest BCUT2D eigenvalue weighted by molar-refractivity contribution is 5.89. The molecular weight excluding hydrogens is 330 g/mol. The number of hydrogen-bond acceptors (Lipinski definition) is 5. The van der Waals surface area contributed by atoms with E-state index in [4.69, 9.17) is 0 Å². The monoisotopic (exact) mass is 357 g/mol. The van der Waals surface area contributed by atoms with E-state index in [1.165, 1.54) is 0 Å². The topological polar surface area (TPSA) is 74.5 Å². The van der Waals surface area contributed by atoms with Gasteiger partial charge in [-0.15, -0.1) is 10.2 Å². The molecule has 1 aliphatic heterocycles. The highest BCUT2D eigenvalue weighted by Gasteiger charge is 2.26. The summed E-state index contributed by atoms with van der Waals surface area (Å²) in [5.74, 6) is 1.46. The summed E-state index contributed by atoms with van der Waals surface area (Å²) in [4.78, 5) is 15.9. The molecular formula is C19H27N5O2. The Labute approximate surface area is 154 Å². The molecule has 0 saturated carbocycles. The van der Waals surface area contributed by atoms with Crippen molar-refractivity contribution in [1.29, 1.82) is 0 Å². The molecule has 7 heteroatoms. The van der Waals surface area contributed by atoms with Crippen LogP contribution in [0.15, 0.2) is 24.3 Å². The number of carboxylic acid groups (broad SMARTS) is 1. The molecule has 1 atom stereocenters. The number of hydrogen-bond donors (Lipinski definition) is 1. The van der Waals surface area contributed by atoms with E-state index in [9.17, 15) is 9.90 Å². The second-order valence-electron chi connectivity index (χ2n) is 7.31. The summed E-state index contributed by atoms with van der Waals surface area (Å²) in [6.07, 6.45) is 2.17. The zero-order valence-electron chi connectivity index (χ0n) is 15.7. The fraction of sp³-hybridized carbons (Fsp3) is 0.526. The van der Waals surface area contributed by atoms with Crippen LogP contribution >= 0.6 is 0 Å². The van der Waals surface area contributed by atoms with Crippen molar-refractivity contribution in [2.75, 3.05) is 27.2 Å². The minimum absolute atomic E-state index is 0.328. The van der Waals surface area contributed by atoms with Gasteiger partial charge in [0.25, 0.3) is 0 Å². The summed E-state index contributed by atoms with van der Waals surface area (Å²) in [5.41, 5.74) is 1.26. The summed E-state index contributed by atoms with van der Waals surface area (Å²) >= 11 is 0. The molecule has 3 rings (SSSR count). The molecule has 1 aliphatic rings. The number of carbonyl (C=O) groups is 1. The molecule has 0 bridgehead atoms. The Kier molecular flexibility index (Phi) is 5.68. The molecule has 0 amide bonds. The highest BCUT2D eigenvalue weighted by atomic mass is 16.4. The molecule has 7 nitrogen and oxygen atoms in total. The standard InChI is InChI=1S/C19H27N5O2/c1-22(2)13-17-20-21-18(23(17)3)15-8-6-10-24(12-15)11-14-7-4-5-9-16(14)19(25)26/h4-5,7,9,15H,6,8,10-13H2,1-3H3,(H,25,26)/t15-/m1/s1. The molecule has 26 heavy (non-hydrogen) atoms. The first-order chi connectivity index (χ1) is 12.5. The predicted octanol–water partition coefficient (Wildman–Crippen LogP) is 1.95. The second-order valence-corrected chi connectivity index (χ2v) is 7.31. The van der Waals surface area contributed by atoms with Crippen LogP contribution in [0, 0.1) is 0 Å². The Morgan fingerprint density at radius 1 is 1.31 bits per heavy atom. The lowest BCUT2D eigenvalue weighted by Crippen LogP contribution is -2.35. The molecule has 1 fully saturated rings. The van der Waals surface area contributed by atoms with Gasteiger partial charge in [0.05, 0.1) is 12.1 Å². The Bertz CT molecular complexity index is 771. The Hall–Kier alpha value is -2.25. The molecule has 0 unspecified atom stereocenters. The van der Waals surface area contributed by atoms with Crippen molar-refractivity contribution in [3.63, 3.8) is 0 Å². The van der Waals surface area contributed by atoms with E-state index in [1.807, 2.05) is 33.3 Å². The zero-order valence-corrected chi connectivity index (χ0v) is 15.7. The zero-order chi connectivity index (χ0) is 18.7. The van der Waals surface area contributed by atoms with Crippen molar-refractivity contribution in [3.05, 3.63) is 47.0 Å². The molecule has 0 spiro atoms. The van der Waals surface area contributed by atoms with E-state index >= 15 is 0 Å². The van der Waals surface area contributed by atoms with Crippen LogP contribution in [0.3, 0.4) is 0 Å². The average molecular weight is 357 g/mol. The van der Waals surface area contributed by atoms with Crippen molar-refractivity contribution in [1.82, 2.24) is 24.6 Å². The fourth-order valence-electron chi connectivity index (χ4n) is 3.67. The van der Waals surface area contributed by atoms with Crippen molar-refractivity contribution in [3.8, 4) is 0 Å². The van der Waals surface area contributed by atoms with Crippen LogP contribution in [0.5, 0.6) is 0 Å². The smallest absolute Gasteiger partial charge is 0.336 e. The maximum atomic E-state index is 11.4. The van der Waals surface area contributed by atoms with E-state index in [-0.39, 0.29) is 0 Å². The number of rotatable bonds is 6. The SMILES string of the molecule is CN(C)Cc1nnc([C@@H]2CCCN(Cc3ccccc3C(=O)O)C2)n1C. The normalized spacial score (nSPS) is 18.4. The number of likely N-dealkylation sites (tertiary alicyclic amines) is 1. The van der Waals surface area contributed by atoms with Gasteiger partial charge in [0.2, 0.25) is 0 Å². The second kappa shape index (κ2) is 7.97. The third-order valence-electron chi connectivity index (χ3n) is 4.97. The number of carboxylic acids is 1. The summed E-state index contributed by atoms with van der Waals surface area (Å²) < 4.78 is 2.11. The van der Waals surface area contributed by atoms with Gasteiger partial charge in [-0.3, -0.25) is 4.90 Å². The van der Waals surface area contributed by atoms with Gasteiger partial charge >= 0.3 is 5.97 Å². The molecule has 140 valence electrons. The largest absolute Gasteiger partial charge is 0.478 e. The maximum Gasteiger partial charge on any atom is 0.336 e. The third-order valence-corrected chi connectivity index (χ3v) is 4.97. The maximum absolute atomic E-state index is 11.4. The molecule has 1 saturated heterocycles. The van der Waals surface area contributed by atoms with E-state index in [1.54, 1.807) is 12.1 Å². The lowest BCUT2D eigenvalue weighted by molar-refractivity contribution is 0.0694. The molecule has 0 radical (unpaired) electrons. The molecule has 2 heterocycles. The molecule has 1 aromatic carbocycles. The Morgan fingerprint density at radius 3 is 2.81 bits per heavy atom. The van der Waals surface area contributed by atoms with Crippen LogP contribution in [-0.4, -0.2) is 62.8 Å².